The van der Waals surface area contributed by atoms with E-state index in [1.807, 2.05) is 36.4 Å². The first-order chi connectivity index (χ1) is 12.1. The SMILES string of the molecule is O=S1(=O)c2cccc3cccc(c23)N1Cc1cc2c(cc1Br)OCO2. The van der Waals surface area contributed by atoms with Crippen LogP contribution >= 0.6 is 15.9 Å². The number of fused-ring (bicyclic) bond motifs is 1. The molecule has 0 atom stereocenters. The van der Waals surface area contributed by atoms with E-state index in [1.165, 1.54) is 4.31 Å². The third-order valence-electron chi connectivity index (χ3n) is 4.54. The maximum absolute atomic E-state index is 13.1. The Kier molecular flexibility index (Phi) is 3.08. The Bertz CT molecular complexity index is 1140. The minimum absolute atomic E-state index is 0.179. The third kappa shape index (κ3) is 2.09. The summed E-state index contributed by atoms with van der Waals surface area (Å²) in [7, 11) is -3.59. The molecule has 25 heavy (non-hydrogen) atoms. The summed E-state index contributed by atoms with van der Waals surface area (Å²) in [5, 5.41) is 1.70. The van der Waals surface area contributed by atoms with Gasteiger partial charge in [0.2, 0.25) is 6.79 Å². The van der Waals surface area contributed by atoms with Gasteiger partial charge in [-0.25, -0.2) is 8.42 Å². The summed E-state index contributed by atoms with van der Waals surface area (Å²) in [5.41, 5.74) is 1.52. The molecule has 0 saturated heterocycles. The molecule has 0 saturated carbocycles. The molecule has 5 nitrogen and oxygen atoms in total. The van der Waals surface area contributed by atoms with Crippen molar-refractivity contribution in [3.8, 4) is 11.5 Å². The average molecular weight is 418 g/mol. The third-order valence-corrected chi connectivity index (χ3v) is 7.08. The highest BCUT2D eigenvalue weighted by Gasteiger charge is 2.36. The van der Waals surface area contributed by atoms with E-state index in [2.05, 4.69) is 15.9 Å². The molecule has 126 valence electrons. The Morgan fingerprint density at radius 1 is 1.04 bits per heavy atom. The Hall–Kier alpha value is -2.25. The van der Waals surface area contributed by atoms with Crippen LogP contribution < -0.4 is 13.8 Å². The lowest BCUT2D eigenvalue weighted by molar-refractivity contribution is 0.174. The van der Waals surface area contributed by atoms with Crippen molar-refractivity contribution in [2.24, 2.45) is 0 Å². The lowest BCUT2D eigenvalue weighted by Crippen LogP contribution is -2.26. The van der Waals surface area contributed by atoms with Crippen LogP contribution in [0.2, 0.25) is 0 Å². The molecule has 2 aliphatic heterocycles. The summed E-state index contributed by atoms with van der Waals surface area (Å²) in [6.07, 6.45) is 0. The quantitative estimate of drug-likeness (QED) is 0.631. The standard InChI is InChI=1S/C18H12BrNO4S/c19-13-8-16-15(23-10-24-16)7-12(13)9-20-14-5-1-3-11-4-2-6-17(18(11)14)25(20,21)22/h1-8H,9-10H2. The van der Waals surface area contributed by atoms with Crippen molar-refractivity contribution >= 4 is 42.4 Å². The summed E-state index contributed by atoms with van der Waals surface area (Å²) >= 11 is 3.51. The summed E-state index contributed by atoms with van der Waals surface area (Å²) in [4.78, 5) is 0.359. The molecule has 7 heteroatoms. The fourth-order valence-electron chi connectivity index (χ4n) is 3.36. The number of hydrogen-bond donors (Lipinski definition) is 0. The van der Waals surface area contributed by atoms with Gasteiger partial charge in [-0.1, -0.05) is 40.2 Å². The van der Waals surface area contributed by atoms with Gasteiger partial charge < -0.3 is 9.47 Å². The highest BCUT2D eigenvalue weighted by atomic mass is 79.9. The fourth-order valence-corrected chi connectivity index (χ4v) is 5.50. The predicted molar refractivity (Wildman–Crippen MR) is 97.6 cm³/mol. The van der Waals surface area contributed by atoms with Crippen LogP contribution in [0.25, 0.3) is 10.8 Å². The van der Waals surface area contributed by atoms with Crippen molar-refractivity contribution in [1.82, 2.24) is 0 Å². The summed E-state index contributed by atoms with van der Waals surface area (Å²) in [6, 6.07) is 14.7. The molecule has 0 unspecified atom stereocenters. The fraction of sp³-hybridized carbons (Fsp3) is 0.111. The van der Waals surface area contributed by atoms with Crippen LogP contribution in [0, 0.1) is 0 Å². The number of rotatable bonds is 2. The Labute approximate surface area is 153 Å². The molecular weight excluding hydrogens is 406 g/mol. The van der Waals surface area contributed by atoms with Crippen molar-refractivity contribution in [3.05, 3.63) is 58.6 Å². The van der Waals surface area contributed by atoms with E-state index in [0.29, 0.717) is 22.1 Å². The van der Waals surface area contributed by atoms with Crippen LogP contribution in [0.4, 0.5) is 5.69 Å². The summed E-state index contributed by atoms with van der Waals surface area (Å²) in [6.45, 7) is 0.394. The molecule has 0 radical (unpaired) electrons. The van der Waals surface area contributed by atoms with Gasteiger partial charge in [0, 0.05) is 9.86 Å². The van der Waals surface area contributed by atoms with Gasteiger partial charge in [-0.05, 0) is 35.2 Å². The highest BCUT2D eigenvalue weighted by molar-refractivity contribution is 9.10. The smallest absolute Gasteiger partial charge is 0.265 e. The average Bonchev–Trinajstić information content (AvgIpc) is 3.13. The zero-order valence-corrected chi connectivity index (χ0v) is 15.3. The number of nitrogens with zero attached hydrogens (tertiary/aromatic N) is 1. The highest BCUT2D eigenvalue weighted by Crippen LogP contribution is 2.44. The van der Waals surface area contributed by atoms with Gasteiger partial charge in [0.05, 0.1) is 17.1 Å². The molecule has 0 amide bonds. The Morgan fingerprint density at radius 2 is 1.76 bits per heavy atom. The molecule has 3 aromatic rings. The molecule has 0 N–H and O–H groups in total. The van der Waals surface area contributed by atoms with Gasteiger partial charge in [0.1, 0.15) is 0 Å². The zero-order valence-electron chi connectivity index (χ0n) is 12.9. The number of hydrogen-bond acceptors (Lipinski definition) is 4. The van der Waals surface area contributed by atoms with Crippen molar-refractivity contribution in [1.29, 1.82) is 0 Å². The van der Waals surface area contributed by atoms with E-state index in [0.717, 1.165) is 20.8 Å². The molecule has 0 aromatic heterocycles. The zero-order chi connectivity index (χ0) is 17.2. The van der Waals surface area contributed by atoms with Gasteiger partial charge in [-0.2, -0.15) is 0 Å². The van der Waals surface area contributed by atoms with E-state index in [4.69, 9.17) is 9.47 Å². The number of halogens is 1. The van der Waals surface area contributed by atoms with E-state index in [1.54, 1.807) is 12.1 Å². The normalized spacial score (nSPS) is 16.6. The van der Waals surface area contributed by atoms with E-state index < -0.39 is 10.0 Å². The van der Waals surface area contributed by atoms with Crippen molar-refractivity contribution in [2.45, 2.75) is 11.4 Å². The van der Waals surface area contributed by atoms with Crippen molar-refractivity contribution in [3.63, 3.8) is 0 Å². The monoisotopic (exact) mass is 417 g/mol. The van der Waals surface area contributed by atoms with Crippen LogP contribution in [0.3, 0.4) is 0 Å². The second kappa shape index (κ2) is 5.12. The Morgan fingerprint density at radius 3 is 2.56 bits per heavy atom. The minimum atomic E-state index is -3.59. The predicted octanol–water partition coefficient (Wildman–Crippen LogP) is 4.04. The molecule has 0 bridgehead atoms. The maximum Gasteiger partial charge on any atom is 0.265 e. The van der Waals surface area contributed by atoms with E-state index >= 15 is 0 Å². The Balaban J connectivity index is 1.66. The molecule has 0 spiro atoms. The number of ether oxygens (including phenoxy) is 2. The molecule has 2 aliphatic rings. The summed E-state index contributed by atoms with van der Waals surface area (Å²) < 4.78 is 39.2. The molecule has 0 fully saturated rings. The number of anilines is 1. The van der Waals surface area contributed by atoms with Gasteiger partial charge in [-0.3, -0.25) is 4.31 Å². The van der Waals surface area contributed by atoms with Crippen molar-refractivity contribution < 1.29 is 17.9 Å². The van der Waals surface area contributed by atoms with E-state index in [9.17, 15) is 8.42 Å². The van der Waals surface area contributed by atoms with Crippen LogP contribution in [-0.4, -0.2) is 15.2 Å². The second-order valence-corrected chi connectivity index (χ2v) is 8.63. The second-order valence-electron chi connectivity index (χ2n) is 5.94. The molecule has 0 aliphatic carbocycles. The molecular formula is C18H12BrNO4S. The van der Waals surface area contributed by atoms with Crippen LogP contribution in [-0.2, 0) is 16.6 Å². The molecule has 3 aromatic carbocycles. The van der Waals surface area contributed by atoms with Gasteiger partial charge in [0.15, 0.2) is 11.5 Å². The van der Waals surface area contributed by atoms with Crippen LogP contribution in [0.1, 0.15) is 5.56 Å². The first-order valence-corrected chi connectivity index (χ1v) is 9.91. The lowest BCUT2D eigenvalue weighted by Gasteiger charge is -2.20. The van der Waals surface area contributed by atoms with Gasteiger partial charge in [-0.15, -0.1) is 0 Å². The topological polar surface area (TPSA) is 55.8 Å². The van der Waals surface area contributed by atoms with E-state index in [-0.39, 0.29) is 13.3 Å². The van der Waals surface area contributed by atoms with Gasteiger partial charge >= 0.3 is 0 Å². The largest absolute Gasteiger partial charge is 0.454 e. The van der Waals surface area contributed by atoms with Gasteiger partial charge in [0.25, 0.3) is 10.0 Å². The van der Waals surface area contributed by atoms with Crippen LogP contribution in [0.15, 0.2) is 57.9 Å². The van der Waals surface area contributed by atoms with Crippen molar-refractivity contribution in [2.75, 3.05) is 11.1 Å². The number of sulfonamides is 1. The number of benzene rings is 3. The minimum Gasteiger partial charge on any atom is -0.454 e. The first kappa shape index (κ1) is 15.0. The van der Waals surface area contributed by atoms with Crippen LogP contribution in [0.5, 0.6) is 11.5 Å². The maximum atomic E-state index is 13.1. The summed E-state index contributed by atoms with van der Waals surface area (Å²) in [5.74, 6) is 1.29. The molecule has 2 heterocycles. The lowest BCUT2D eigenvalue weighted by atomic mass is 10.1. The molecule has 5 rings (SSSR count). The first-order valence-electron chi connectivity index (χ1n) is 7.68.